The van der Waals surface area contributed by atoms with E-state index in [2.05, 4.69) is 159 Å². The van der Waals surface area contributed by atoms with E-state index in [1.807, 2.05) is 195 Å². The van der Waals surface area contributed by atoms with Crippen LogP contribution in [0.4, 0.5) is 0 Å². The largest absolute Gasteiger partial charge is 0.492 e. The number of ether oxygens (including phenoxy) is 2. The summed E-state index contributed by atoms with van der Waals surface area (Å²) in [5, 5.41) is 0. The highest BCUT2D eigenvalue weighted by atomic mass is 16.5. The number of pyridine rings is 12. The fourth-order valence-corrected chi connectivity index (χ4v) is 18.3. The monoisotopic (exact) mass is 1790 g/mol. The zero-order valence-corrected chi connectivity index (χ0v) is 78.7. The van der Waals surface area contributed by atoms with Crippen molar-refractivity contribution in [1.82, 2.24) is 59.8 Å². The van der Waals surface area contributed by atoms with Crippen molar-refractivity contribution in [3.8, 4) is 192 Å². The lowest BCUT2D eigenvalue weighted by molar-refractivity contribution is 0.300. The summed E-state index contributed by atoms with van der Waals surface area (Å²) in [7, 11) is 0. The van der Waals surface area contributed by atoms with Gasteiger partial charge in [0.1, 0.15) is 11.5 Å². The Morgan fingerprint density at radius 3 is 0.463 bits per heavy atom. The molecule has 12 aromatic heterocycles. The van der Waals surface area contributed by atoms with Crippen LogP contribution in [0.5, 0.6) is 11.5 Å². The Morgan fingerprint density at radius 1 is 0.154 bits per heavy atom. The van der Waals surface area contributed by atoms with Crippen LogP contribution in [0.2, 0.25) is 0 Å². The quantitative estimate of drug-likeness (QED) is 0.0330. The van der Waals surface area contributed by atoms with Gasteiger partial charge in [-0.25, -0.2) is 19.9 Å². The topological polar surface area (TPSA) is 173 Å². The van der Waals surface area contributed by atoms with Crippen LogP contribution >= 0.6 is 0 Å². The molecule has 0 aliphatic carbocycles. The van der Waals surface area contributed by atoms with Gasteiger partial charge in [0, 0.05) is 71.8 Å². The van der Waals surface area contributed by atoms with Gasteiger partial charge in [-0.1, -0.05) is 326 Å². The van der Waals surface area contributed by atoms with E-state index in [4.69, 9.17) is 69.3 Å². The minimum atomic E-state index is 0.454. The van der Waals surface area contributed by atoms with Crippen LogP contribution < -0.4 is 9.47 Å². The molecule has 0 aliphatic rings. The molecular weight excluding hydrogens is 1670 g/mol. The molecule has 0 N–H and O–H groups in total. The predicted molar refractivity (Wildman–Crippen MR) is 559 cm³/mol. The maximum absolute atomic E-state index is 8.05. The summed E-state index contributed by atoms with van der Waals surface area (Å²) in [5.41, 5.74) is 27.4. The highest BCUT2D eigenvalue weighted by Gasteiger charge is 2.32. The fourth-order valence-electron chi connectivity index (χ4n) is 18.3. The first-order valence-corrected chi connectivity index (χ1v) is 49.8. The van der Waals surface area contributed by atoms with E-state index in [-0.39, 0.29) is 0 Å². The number of benzene rings is 5. The molecule has 0 atom stereocenters. The fraction of sp³-hybridized carbons (Fsp3) is 0.262. The SMILES string of the molecule is CCCCCCCCCCCCCCCCOc1c(-c2ccc(-c3cc(-c4ccccn4)nc(-c4ccccn4)c3)cc2)c(-c2ccc(-c3cc(-c4ccccn4)nc(-c4ccccn4)c3)cc2)c(OCCCCCCCCCCCCCCCC)c(-c2ccc(-c3cc(-c4ccccn4)nc(-c4ccccn4)c3)cc2)c1-c1ccc(-c2cc(-c3ccccn3)nc(-c3ccccn3)c2)cc1. The lowest BCUT2D eigenvalue weighted by Crippen LogP contribution is -2.08. The van der Waals surface area contributed by atoms with Crippen LogP contribution in [0.15, 0.2) is 341 Å². The van der Waals surface area contributed by atoms with Crippen LogP contribution in [-0.2, 0) is 0 Å². The molecule has 17 aromatic rings. The third kappa shape index (κ3) is 24.9. The standard InChI is InChI=1S/C122H122N12O2/c1-3-5-7-9-11-13-15-17-19-21-23-25-27-45-79-135-121-117(93-63-55-89(56-64-93)97-81-109(101-47-29-37-71-123-101)131-110(82-97)102-48-30-38-72-124-102)119(95-67-59-91(60-68-95)99-85-113(105-51-33-41-75-127-105)133-114(86-99)106-52-34-42-76-128-106)122(136-80-46-28-26-24-22-20-18-16-14-12-10-8-6-4-2)120(96-69-61-92(62-70-96)100-87-115(107-53-35-43-77-129-107)134-116(88-100)108-54-36-44-78-130-108)118(121)94-65-57-90(58-66-94)98-83-111(103-49-31-39-73-125-103)132-112(84-98)104-50-32-40-74-126-104/h29-44,47-78,81-88H,3-28,45-46,79-80H2,1-2H3. The Morgan fingerprint density at radius 2 is 0.309 bits per heavy atom. The molecule has 0 saturated carbocycles. The van der Waals surface area contributed by atoms with Gasteiger partial charge in [-0.15, -0.1) is 0 Å². The Labute approximate surface area is 803 Å². The molecule has 0 spiro atoms. The van der Waals surface area contributed by atoms with Crippen molar-refractivity contribution >= 4 is 0 Å². The summed E-state index contributed by atoms with van der Waals surface area (Å²) in [4.78, 5) is 59.7. The second-order valence-corrected chi connectivity index (χ2v) is 35.6. The number of nitrogens with zero attached hydrogens (tertiary/aromatic N) is 12. The summed E-state index contributed by atoms with van der Waals surface area (Å²) in [5.74, 6) is 1.50. The zero-order valence-electron chi connectivity index (χ0n) is 78.7. The predicted octanol–water partition coefficient (Wildman–Crippen LogP) is 32.8. The Bertz CT molecular complexity index is 5570. The highest BCUT2D eigenvalue weighted by molar-refractivity contribution is 6.06. The molecule has 0 aliphatic heterocycles. The second kappa shape index (κ2) is 48.9. The van der Waals surface area contributed by atoms with Crippen molar-refractivity contribution in [2.45, 2.75) is 194 Å². The Hall–Kier alpha value is -14.5. The maximum Gasteiger partial charge on any atom is 0.136 e. The maximum atomic E-state index is 8.05. The van der Waals surface area contributed by atoms with Gasteiger partial charge in [0.25, 0.3) is 0 Å². The Balaban J connectivity index is 0.873. The molecule has 12 heterocycles. The van der Waals surface area contributed by atoms with Crippen LogP contribution in [0.3, 0.4) is 0 Å². The van der Waals surface area contributed by atoms with E-state index >= 15 is 0 Å². The van der Waals surface area contributed by atoms with Gasteiger partial charge in [0.2, 0.25) is 0 Å². The summed E-state index contributed by atoms with van der Waals surface area (Å²) < 4.78 is 16.1. The van der Waals surface area contributed by atoms with Crippen LogP contribution in [0.25, 0.3) is 180 Å². The minimum Gasteiger partial charge on any atom is -0.492 e. The lowest BCUT2D eigenvalue weighted by atomic mass is 9.82. The van der Waals surface area contributed by atoms with Crippen molar-refractivity contribution in [2.75, 3.05) is 13.2 Å². The van der Waals surface area contributed by atoms with E-state index in [1.165, 1.54) is 141 Å². The average Bonchev–Trinajstić information content (AvgIpc) is 0.723. The Kier molecular flexibility index (Phi) is 33.6. The first-order chi connectivity index (χ1) is 67.4. The van der Waals surface area contributed by atoms with E-state index in [0.717, 1.165) is 230 Å². The number of aromatic nitrogens is 12. The van der Waals surface area contributed by atoms with Crippen molar-refractivity contribution in [3.05, 3.63) is 341 Å². The normalized spacial score (nSPS) is 11.3. The van der Waals surface area contributed by atoms with Gasteiger partial charge in [-0.3, -0.25) is 39.9 Å². The number of rotatable bonds is 48. The van der Waals surface area contributed by atoms with E-state index in [1.54, 1.807) is 0 Å². The first kappa shape index (κ1) is 93.3. The number of hydrogen-bond donors (Lipinski definition) is 0. The smallest absolute Gasteiger partial charge is 0.136 e. The van der Waals surface area contributed by atoms with Crippen LogP contribution in [-0.4, -0.2) is 73.0 Å². The second-order valence-electron chi connectivity index (χ2n) is 35.6. The molecule has 17 rings (SSSR count). The van der Waals surface area contributed by atoms with Crippen molar-refractivity contribution in [2.24, 2.45) is 0 Å². The molecule has 0 saturated heterocycles. The van der Waals surface area contributed by atoms with E-state index < -0.39 is 0 Å². The van der Waals surface area contributed by atoms with Gasteiger partial charge in [-0.05, 0) is 225 Å². The molecule has 0 radical (unpaired) electrons. The molecule has 5 aromatic carbocycles. The molecule has 0 fully saturated rings. The highest BCUT2D eigenvalue weighted by Crippen LogP contribution is 2.58. The molecule has 0 bridgehead atoms. The van der Waals surface area contributed by atoms with Crippen LogP contribution in [0, 0.1) is 0 Å². The molecule has 136 heavy (non-hydrogen) atoms. The summed E-state index contributed by atoms with van der Waals surface area (Å²) in [6.45, 7) is 5.50. The van der Waals surface area contributed by atoms with Crippen LogP contribution in [0.1, 0.15) is 194 Å². The molecule has 14 nitrogen and oxygen atoms in total. The first-order valence-electron chi connectivity index (χ1n) is 49.8. The molecule has 0 unspecified atom stereocenters. The van der Waals surface area contributed by atoms with Gasteiger partial charge in [-0.2, -0.15) is 0 Å². The third-order valence-electron chi connectivity index (χ3n) is 25.6. The summed E-state index contributed by atoms with van der Waals surface area (Å²) >= 11 is 0. The van der Waals surface area contributed by atoms with Gasteiger partial charge < -0.3 is 9.47 Å². The summed E-state index contributed by atoms with van der Waals surface area (Å²) in [6.07, 6.45) is 49.3. The zero-order chi connectivity index (χ0) is 92.3. The number of unbranched alkanes of at least 4 members (excludes halogenated alkanes) is 26. The van der Waals surface area contributed by atoms with Crippen molar-refractivity contribution in [1.29, 1.82) is 0 Å². The van der Waals surface area contributed by atoms with E-state index in [0.29, 0.717) is 13.2 Å². The summed E-state index contributed by atoms with van der Waals surface area (Å²) in [6, 6.07) is 101. The molecular formula is C122H122N12O2. The van der Waals surface area contributed by atoms with Gasteiger partial charge in [0.15, 0.2) is 0 Å². The lowest BCUT2D eigenvalue weighted by Gasteiger charge is -2.28. The van der Waals surface area contributed by atoms with Gasteiger partial charge >= 0.3 is 0 Å². The molecule has 14 heteroatoms. The number of hydrogen-bond acceptors (Lipinski definition) is 14. The third-order valence-corrected chi connectivity index (χ3v) is 25.6. The average molecular weight is 1790 g/mol. The van der Waals surface area contributed by atoms with Gasteiger partial charge in [0.05, 0.1) is 104 Å². The molecule has 0 amide bonds. The minimum absolute atomic E-state index is 0.454. The van der Waals surface area contributed by atoms with E-state index in [9.17, 15) is 0 Å². The van der Waals surface area contributed by atoms with Crippen molar-refractivity contribution < 1.29 is 9.47 Å². The molecule has 682 valence electrons. The van der Waals surface area contributed by atoms with Crippen molar-refractivity contribution in [3.63, 3.8) is 0 Å².